The van der Waals surface area contributed by atoms with Crippen molar-refractivity contribution in [2.45, 2.75) is 45.9 Å². The van der Waals surface area contributed by atoms with Gasteiger partial charge in [-0.25, -0.2) is 9.59 Å². The third kappa shape index (κ3) is 4.93. The molecule has 1 atom stereocenters. The Morgan fingerprint density at radius 1 is 1.40 bits per heavy atom. The summed E-state index contributed by atoms with van der Waals surface area (Å²) in [5.41, 5.74) is 2.78. The van der Waals surface area contributed by atoms with Crippen LogP contribution in [0.3, 0.4) is 0 Å². The topological polar surface area (TPSA) is 96.9 Å². The van der Waals surface area contributed by atoms with E-state index in [2.05, 4.69) is 10.6 Å². The van der Waals surface area contributed by atoms with Crippen LogP contribution in [0.2, 0.25) is 0 Å². The fourth-order valence-electron chi connectivity index (χ4n) is 2.78. The summed E-state index contributed by atoms with van der Waals surface area (Å²) in [6.07, 6.45) is -0.499. The Hall–Kier alpha value is -2.12. The number of rotatable bonds is 6. The molecule has 1 aliphatic rings. The van der Waals surface area contributed by atoms with Crippen LogP contribution < -0.4 is 10.6 Å². The Labute approximate surface area is 147 Å². The van der Waals surface area contributed by atoms with Crippen molar-refractivity contribution in [3.05, 3.63) is 34.4 Å². The van der Waals surface area contributed by atoms with Crippen LogP contribution in [0.5, 0.6) is 0 Å². The van der Waals surface area contributed by atoms with E-state index in [1.54, 1.807) is 26.8 Å². The molecule has 3 N–H and O–H groups in total. The Kier molecular flexibility index (Phi) is 6.02. The fourth-order valence-corrected chi connectivity index (χ4v) is 2.78. The summed E-state index contributed by atoms with van der Waals surface area (Å²) in [5, 5.41) is 15.1. The monoisotopic (exact) mass is 350 g/mol. The molecule has 1 aromatic rings. The molecular weight excluding hydrogens is 324 g/mol. The molecule has 0 unspecified atom stereocenters. The van der Waals surface area contributed by atoms with Crippen molar-refractivity contribution in [2.24, 2.45) is 0 Å². The second-order valence-corrected chi connectivity index (χ2v) is 7.00. The summed E-state index contributed by atoms with van der Waals surface area (Å²) < 4.78 is 10.3. The minimum Gasteiger partial charge on any atom is -0.457 e. The summed E-state index contributed by atoms with van der Waals surface area (Å²) in [6.45, 7) is 8.25. The number of hydrogen-bond donors (Lipinski definition) is 3. The van der Waals surface area contributed by atoms with Crippen molar-refractivity contribution < 1.29 is 24.2 Å². The summed E-state index contributed by atoms with van der Waals surface area (Å²) in [6, 6.07) is 3.38. The Morgan fingerprint density at radius 3 is 2.76 bits per heavy atom. The molecule has 2 rings (SSSR count). The molecule has 0 saturated heterocycles. The first kappa shape index (κ1) is 19.2. The van der Waals surface area contributed by atoms with E-state index < -0.39 is 11.7 Å². The molecule has 7 heteroatoms. The summed E-state index contributed by atoms with van der Waals surface area (Å²) >= 11 is 0. The molecule has 0 bridgehead atoms. The molecule has 0 aliphatic carbocycles. The number of esters is 1. The lowest BCUT2D eigenvalue weighted by atomic mass is 9.94. The van der Waals surface area contributed by atoms with Gasteiger partial charge < -0.3 is 25.2 Å². The van der Waals surface area contributed by atoms with Crippen LogP contribution in [0.15, 0.2) is 12.1 Å². The molecule has 1 amide bonds. The highest BCUT2D eigenvalue weighted by molar-refractivity contribution is 5.94. The number of nitrogens with one attached hydrogen (secondary N) is 2. The second kappa shape index (κ2) is 7.84. The molecule has 7 nitrogen and oxygen atoms in total. The number of carbonyl (C=O) groups excluding carboxylic acids is 2. The maximum atomic E-state index is 11.9. The first-order chi connectivity index (χ1) is 11.7. The van der Waals surface area contributed by atoms with Crippen molar-refractivity contribution >= 4 is 12.1 Å². The van der Waals surface area contributed by atoms with Gasteiger partial charge in [0.05, 0.1) is 18.2 Å². The zero-order valence-electron chi connectivity index (χ0n) is 15.1. The van der Waals surface area contributed by atoms with E-state index in [1.807, 2.05) is 13.0 Å². The summed E-state index contributed by atoms with van der Waals surface area (Å²) in [4.78, 5) is 23.6. The molecule has 0 spiro atoms. The van der Waals surface area contributed by atoms with Gasteiger partial charge in [0, 0.05) is 18.7 Å². The lowest BCUT2D eigenvalue weighted by molar-refractivity contribution is 0.0516. The zero-order valence-corrected chi connectivity index (χ0v) is 15.1. The summed E-state index contributed by atoms with van der Waals surface area (Å²) in [5.74, 6) is -0.309. The third-order valence-electron chi connectivity index (χ3n) is 3.94. The standard InChI is InChI=1S/C18H26N2O5/c1-11-12(5-6-13-14(11)10-24-16(13)22)15(19-7-8-21)9-20-17(23)25-18(2,3)4/h5-6,15,19,21H,7-10H2,1-4H3,(H,20,23)/t15-/m0/s1. The van der Waals surface area contributed by atoms with E-state index >= 15 is 0 Å². The number of amides is 1. The van der Waals surface area contributed by atoms with Crippen LogP contribution in [0.25, 0.3) is 0 Å². The van der Waals surface area contributed by atoms with Gasteiger partial charge in [-0.15, -0.1) is 0 Å². The maximum Gasteiger partial charge on any atom is 0.407 e. The van der Waals surface area contributed by atoms with Gasteiger partial charge in [-0.05, 0) is 44.9 Å². The third-order valence-corrected chi connectivity index (χ3v) is 3.94. The number of carbonyl (C=O) groups is 2. The predicted molar refractivity (Wildman–Crippen MR) is 92.4 cm³/mol. The number of fused-ring (bicyclic) bond motifs is 1. The number of aliphatic hydroxyl groups is 1. The Morgan fingerprint density at radius 2 is 2.12 bits per heavy atom. The van der Waals surface area contributed by atoms with Gasteiger partial charge in [-0.1, -0.05) is 6.07 Å². The average Bonchev–Trinajstić information content (AvgIpc) is 2.89. The van der Waals surface area contributed by atoms with Crippen LogP contribution in [-0.2, 0) is 16.1 Å². The Bertz CT molecular complexity index is 652. The van der Waals surface area contributed by atoms with Crippen molar-refractivity contribution in [1.29, 1.82) is 0 Å². The zero-order chi connectivity index (χ0) is 18.6. The van der Waals surface area contributed by atoms with Crippen molar-refractivity contribution in [3.63, 3.8) is 0 Å². The number of benzene rings is 1. The van der Waals surface area contributed by atoms with Crippen molar-refractivity contribution in [1.82, 2.24) is 10.6 Å². The van der Waals surface area contributed by atoms with Gasteiger partial charge in [0.25, 0.3) is 0 Å². The molecule has 0 saturated carbocycles. The lowest BCUT2D eigenvalue weighted by Crippen LogP contribution is -2.39. The van der Waals surface area contributed by atoms with Crippen LogP contribution in [0.1, 0.15) is 53.9 Å². The van der Waals surface area contributed by atoms with E-state index in [4.69, 9.17) is 14.6 Å². The number of hydrogen-bond acceptors (Lipinski definition) is 6. The van der Waals surface area contributed by atoms with Crippen LogP contribution >= 0.6 is 0 Å². The minimum atomic E-state index is -0.570. The van der Waals surface area contributed by atoms with Crippen molar-refractivity contribution in [3.8, 4) is 0 Å². The van der Waals surface area contributed by atoms with Gasteiger partial charge in [0.2, 0.25) is 0 Å². The highest BCUT2D eigenvalue weighted by atomic mass is 16.6. The number of ether oxygens (including phenoxy) is 2. The van der Waals surface area contributed by atoms with Gasteiger partial charge >= 0.3 is 12.1 Å². The molecule has 1 heterocycles. The van der Waals surface area contributed by atoms with E-state index in [0.29, 0.717) is 18.7 Å². The molecule has 0 aromatic heterocycles. The average molecular weight is 350 g/mol. The van der Waals surface area contributed by atoms with Crippen LogP contribution in [0, 0.1) is 6.92 Å². The quantitative estimate of drug-likeness (QED) is 0.677. The lowest BCUT2D eigenvalue weighted by Gasteiger charge is -2.24. The minimum absolute atomic E-state index is 0.0193. The molecule has 138 valence electrons. The van der Waals surface area contributed by atoms with Crippen molar-refractivity contribution in [2.75, 3.05) is 19.7 Å². The van der Waals surface area contributed by atoms with Gasteiger partial charge in [0.15, 0.2) is 0 Å². The van der Waals surface area contributed by atoms with Gasteiger partial charge in [-0.2, -0.15) is 0 Å². The molecule has 0 radical (unpaired) electrons. The predicted octanol–water partition coefficient (Wildman–Crippen LogP) is 1.81. The van der Waals surface area contributed by atoms with Gasteiger partial charge in [-0.3, -0.25) is 0 Å². The first-order valence-corrected chi connectivity index (χ1v) is 8.33. The van der Waals surface area contributed by atoms with E-state index in [-0.39, 0.29) is 25.2 Å². The van der Waals surface area contributed by atoms with Gasteiger partial charge in [0.1, 0.15) is 12.2 Å². The first-order valence-electron chi connectivity index (χ1n) is 8.33. The summed E-state index contributed by atoms with van der Waals surface area (Å²) in [7, 11) is 0. The van der Waals surface area contributed by atoms with Crippen LogP contribution in [0.4, 0.5) is 4.79 Å². The SMILES string of the molecule is Cc1c([C@H](CNC(=O)OC(C)(C)C)NCCO)ccc2c1COC2=O. The Balaban J connectivity index is 2.15. The maximum absolute atomic E-state index is 11.9. The largest absolute Gasteiger partial charge is 0.457 e. The van der Waals surface area contributed by atoms with E-state index in [0.717, 1.165) is 16.7 Å². The molecule has 0 fully saturated rings. The van der Waals surface area contributed by atoms with Crippen LogP contribution in [-0.4, -0.2) is 42.5 Å². The smallest absolute Gasteiger partial charge is 0.407 e. The second-order valence-electron chi connectivity index (χ2n) is 7.00. The molecule has 1 aliphatic heterocycles. The normalized spacial score (nSPS) is 14.7. The number of alkyl carbamates (subject to hydrolysis) is 1. The molecule has 25 heavy (non-hydrogen) atoms. The van der Waals surface area contributed by atoms with E-state index in [1.165, 1.54) is 0 Å². The highest BCUT2D eigenvalue weighted by Crippen LogP contribution is 2.29. The molecule has 1 aromatic carbocycles. The highest BCUT2D eigenvalue weighted by Gasteiger charge is 2.26. The fraction of sp³-hybridized carbons (Fsp3) is 0.556. The van der Waals surface area contributed by atoms with E-state index in [9.17, 15) is 9.59 Å². The number of aliphatic hydroxyl groups excluding tert-OH is 1. The molecular formula is C18H26N2O5. The number of cyclic esters (lactones) is 1.